The number of rotatable bonds is 23. The second-order valence-electron chi connectivity index (χ2n) is 9.69. The first-order valence-corrected chi connectivity index (χ1v) is 15.0. The lowest BCUT2D eigenvalue weighted by Crippen LogP contribution is -2.09. The van der Waals surface area contributed by atoms with Crippen molar-refractivity contribution in [3.63, 3.8) is 0 Å². The number of unbranched alkanes of at least 4 members (excludes halogenated alkanes) is 4. The van der Waals surface area contributed by atoms with Gasteiger partial charge in [-0.2, -0.15) is 4.89 Å². The Hall–Kier alpha value is -5.18. The van der Waals surface area contributed by atoms with Gasteiger partial charge in [0.25, 0.3) is 0 Å². The van der Waals surface area contributed by atoms with Gasteiger partial charge in [0.2, 0.25) is 6.79 Å². The number of hydrogen-bond donors (Lipinski definition) is 0. The van der Waals surface area contributed by atoms with Crippen LogP contribution in [0.15, 0.2) is 104 Å². The van der Waals surface area contributed by atoms with Crippen LogP contribution in [-0.2, 0) is 19.3 Å². The number of carbonyl (C=O) groups is 2. The van der Waals surface area contributed by atoms with E-state index in [1.807, 2.05) is 24.3 Å². The van der Waals surface area contributed by atoms with Crippen molar-refractivity contribution in [3.8, 4) is 28.7 Å². The van der Waals surface area contributed by atoms with E-state index in [0.717, 1.165) is 50.4 Å². The minimum atomic E-state index is -0.484. The summed E-state index contributed by atoms with van der Waals surface area (Å²) in [6.45, 7) is 8.72. The standard InChI is InChI=1S/C36H40O10/c1-3-23-44-45-27-10-6-8-25-40-31-15-17-32(18-16-31)42-28-43-33-19-21-34(22-20-33)46-36(38)29-11-13-30(14-12-29)39-24-7-5-9-26-41-35(37)4-2/h4,11-23H,1-2,5-10,24-28H2. The lowest BCUT2D eigenvalue weighted by atomic mass is 10.2. The molecule has 0 saturated heterocycles. The maximum Gasteiger partial charge on any atom is 0.343 e. The van der Waals surface area contributed by atoms with Gasteiger partial charge in [-0.25, -0.2) is 9.59 Å². The van der Waals surface area contributed by atoms with E-state index in [1.165, 1.54) is 6.26 Å². The van der Waals surface area contributed by atoms with E-state index in [-0.39, 0.29) is 6.79 Å². The first kappa shape index (κ1) is 35.3. The molecule has 244 valence electrons. The van der Waals surface area contributed by atoms with Crippen LogP contribution in [0.5, 0.6) is 28.7 Å². The first-order valence-electron chi connectivity index (χ1n) is 15.0. The van der Waals surface area contributed by atoms with Crippen molar-refractivity contribution in [2.45, 2.75) is 38.5 Å². The summed E-state index contributed by atoms with van der Waals surface area (Å²) in [6.07, 6.45) is 7.56. The summed E-state index contributed by atoms with van der Waals surface area (Å²) in [4.78, 5) is 33.2. The second kappa shape index (κ2) is 21.5. The monoisotopic (exact) mass is 632 g/mol. The summed E-state index contributed by atoms with van der Waals surface area (Å²) in [5, 5.41) is 0. The Morgan fingerprint density at radius 1 is 0.609 bits per heavy atom. The molecule has 3 rings (SSSR count). The van der Waals surface area contributed by atoms with Gasteiger partial charge in [-0.15, -0.1) is 0 Å². The Morgan fingerprint density at radius 2 is 1.09 bits per heavy atom. The third kappa shape index (κ3) is 14.5. The van der Waals surface area contributed by atoms with Crippen molar-refractivity contribution < 1.29 is 47.8 Å². The van der Waals surface area contributed by atoms with E-state index < -0.39 is 11.9 Å². The molecular weight excluding hydrogens is 592 g/mol. The topological polar surface area (TPSA) is 108 Å². The Kier molecular flexibility index (Phi) is 16.5. The molecule has 0 unspecified atom stereocenters. The molecule has 10 heteroatoms. The molecule has 0 amide bonds. The normalized spacial score (nSPS) is 10.2. The molecule has 0 aliphatic rings. The van der Waals surface area contributed by atoms with Crippen LogP contribution in [0.1, 0.15) is 48.9 Å². The van der Waals surface area contributed by atoms with E-state index in [0.29, 0.717) is 55.0 Å². The maximum atomic E-state index is 12.6. The summed E-state index contributed by atoms with van der Waals surface area (Å²) in [7, 11) is 0. The van der Waals surface area contributed by atoms with Crippen molar-refractivity contribution in [1.29, 1.82) is 0 Å². The minimum absolute atomic E-state index is 0.00723. The lowest BCUT2D eigenvalue weighted by Gasteiger charge is -2.11. The Labute approximate surface area is 269 Å². The lowest BCUT2D eigenvalue weighted by molar-refractivity contribution is -0.248. The molecule has 0 atom stereocenters. The quantitative estimate of drug-likeness (QED) is 0.0121. The molecular formula is C36H40O10. The van der Waals surface area contributed by atoms with Crippen LogP contribution < -0.4 is 23.7 Å². The summed E-state index contributed by atoms with van der Waals surface area (Å²) >= 11 is 0. The highest BCUT2D eigenvalue weighted by Crippen LogP contribution is 2.21. The number of hydrogen-bond acceptors (Lipinski definition) is 10. The van der Waals surface area contributed by atoms with E-state index in [4.69, 9.17) is 38.2 Å². The molecule has 0 radical (unpaired) electrons. The first-order chi connectivity index (χ1) is 22.6. The fourth-order valence-corrected chi connectivity index (χ4v) is 3.80. The van der Waals surface area contributed by atoms with Crippen LogP contribution in [0, 0.1) is 0 Å². The smallest absolute Gasteiger partial charge is 0.343 e. The molecule has 3 aromatic carbocycles. The molecule has 0 fully saturated rings. The molecule has 3 aromatic rings. The molecule has 0 aliphatic carbocycles. The van der Waals surface area contributed by atoms with Crippen LogP contribution in [0.4, 0.5) is 0 Å². The maximum absolute atomic E-state index is 12.6. The van der Waals surface area contributed by atoms with Crippen LogP contribution in [0.3, 0.4) is 0 Å². The van der Waals surface area contributed by atoms with Gasteiger partial charge in [-0.3, -0.25) is 0 Å². The van der Waals surface area contributed by atoms with E-state index in [9.17, 15) is 9.59 Å². The summed E-state index contributed by atoms with van der Waals surface area (Å²) < 4.78 is 33.2. The van der Waals surface area contributed by atoms with Gasteiger partial charge in [0.1, 0.15) is 28.7 Å². The molecule has 46 heavy (non-hydrogen) atoms. The SMILES string of the molecule is C=C=COOCCCCCOc1ccc(OCOc2ccc(OC(=O)c3ccc(OCCCCCOC(=O)C=C)cc3)cc2)cc1. The van der Waals surface area contributed by atoms with Gasteiger partial charge in [0.05, 0.1) is 32.0 Å². The highest BCUT2D eigenvalue weighted by molar-refractivity contribution is 5.91. The average Bonchev–Trinajstić information content (AvgIpc) is 3.08. The molecule has 0 bridgehead atoms. The zero-order valence-electron chi connectivity index (χ0n) is 25.9. The van der Waals surface area contributed by atoms with Crippen molar-refractivity contribution in [2.75, 3.05) is 33.2 Å². The largest absolute Gasteiger partial charge is 0.494 e. The van der Waals surface area contributed by atoms with Crippen LogP contribution in [0.25, 0.3) is 0 Å². The van der Waals surface area contributed by atoms with Gasteiger partial charge < -0.3 is 33.3 Å². The van der Waals surface area contributed by atoms with E-state index >= 15 is 0 Å². The molecule has 0 aliphatic heterocycles. The highest BCUT2D eigenvalue weighted by Gasteiger charge is 2.09. The fraction of sp³-hybridized carbons (Fsp3) is 0.306. The van der Waals surface area contributed by atoms with Crippen LogP contribution in [-0.4, -0.2) is 45.2 Å². The Bertz CT molecular complexity index is 1360. The molecule has 0 aromatic heterocycles. The molecule has 0 N–H and O–H groups in total. The molecule has 10 nitrogen and oxygen atoms in total. The zero-order chi connectivity index (χ0) is 32.7. The van der Waals surface area contributed by atoms with Gasteiger partial charge in [0.15, 0.2) is 6.26 Å². The van der Waals surface area contributed by atoms with Crippen LogP contribution in [0.2, 0.25) is 0 Å². The van der Waals surface area contributed by atoms with Crippen molar-refractivity contribution in [2.24, 2.45) is 0 Å². The number of esters is 2. The van der Waals surface area contributed by atoms with Gasteiger partial charge in [-0.05, 0) is 111 Å². The fourth-order valence-electron chi connectivity index (χ4n) is 3.80. The van der Waals surface area contributed by atoms with Gasteiger partial charge in [0, 0.05) is 6.08 Å². The Morgan fingerprint density at radius 3 is 1.63 bits per heavy atom. The summed E-state index contributed by atoms with van der Waals surface area (Å²) in [5.74, 6) is 2.10. The zero-order valence-corrected chi connectivity index (χ0v) is 25.9. The van der Waals surface area contributed by atoms with Crippen molar-refractivity contribution in [3.05, 3.63) is 110 Å². The van der Waals surface area contributed by atoms with Crippen molar-refractivity contribution >= 4 is 11.9 Å². The Balaban J connectivity index is 1.27. The number of benzene rings is 3. The predicted molar refractivity (Wildman–Crippen MR) is 171 cm³/mol. The van der Waals surface area contributed by atoms with E-state index in [1.54, 1.807) is 48.5 Å². The third-order valence-corrected chi connectivity index (χ3v) is 6.21. The predicted octanol–water partition coefficient (Wildman–Crippen LogP) is 7.40. The molecule has 0 heterocycles. The molecule has 0 spiro atoms. The third-order valence-electron chi connectivity index (χ3n) is 6.21. The average molecular weight is 633 g/mol. The summed E-state index contributed by atoms with van der Waals surface area (Å²) in [6, 6.07) is 20.7. The van der Waals surface area contributed by atoms with Crippen LogP contribution >= 0.6 is 0 Å². The molecule has 0 saturated carbocycles. The minimum Gasteiger partial charge on any atom is -0.494 e. The van der Waals surface area contributed by atoms with E-state index in [2.05, 4.69) is 18.9 Å². The van der Waals surface area contributed by atoms with Crippen molar-refractivity contribution in [1.82, 2.24) is 0 Å². The number of ether oxygens (including phenoxy) is 6. The highest BCUT2D eigenvalue weighted by atomic mass is 17.2. The number of carbonyl (C=O) groups excluding carboxylic acids is 2. The second-order valence-corrected chi connectivity index (χ2v) is 9.69. The van der Waals surface area contributed by atoms with Gasteiger partial charge >= 0.3 is 11.9 Å². The summed E-state index contributed by atoms with van der Waals surface area (Å²) in [5.41, 5.74) is 2.86. The van der Waals surface area contributed by atoms with Gasteiger partial charge in [-0.1, -0.05) is 18.9 Å².